The van der Waals surface area contributed by atoms with Gasteiger partial charge >= 0.3 is 0 Å². The van der Waals surface area contributed by atoms with Gasteiger partial charge in [0, 0.05) is 12.1 Å². The zero-order valence-corrected chi connectivity index (χ0v) is 20.3. The lowest BCUT2D eigenvalue weighted by Gasteiger charge is -2.29. The van der Waals surface area contributed by atoms with Crippen LogP contribution in [0.5, 0.6) is 11.5 Å². The van der Waals surface area contributed by atoms with E-state index >= 15 is 0 Å². The number of fused-ring (bicyclic) bond motifs is 1. The second-order valence-electron chi connectivity index (χ2n) is 8.70. The molecule has 0 bridgehead atoms. The molecule has 0 spiro atoms. The van der Waals surface area contributed by atoms with E-state index in [0.717, 1.165) is 11.3 Å². The van der Waals surface area contributed by atoms with Crippen molar-refractivity contribution in [2.24, 2.45) is 5.92 Å². The maximum absolute atomic E-state index is 13.7. The minimum atomic E-state index is -1.06. The molecule has 10 heteroatoms. The van der Waals surface area contributed by atoms with Crippen molar-refractivity contribution in [1.29, 1.82) is 0 Å². The van der Waals surface area contributed by atoms with E-state index < -0.39 is 34.8 Å². The van der Waals surface area contributed by atoms with Crippen LogP contribution in [0.2, 0.25) is 0 Å². The van der Waals surface area contributed by atoms with E-state index in [1.165, 1.54) is 24.3 Å². The van der Waals surface area contributed by atoms with Gasteiger partial charge in [0.2, 0.25) is 5.91 Å². The second kappa shape index (κ2) is 9.90. The average molecular weight is 504 g/mol. The van der Waals surface area contributed by atoms with Gasteiger partial charge in [-0.05, 0) is 48.4 Å². The first-order valence-corrected chi connectivity index (χ1v) is 11.9. The number of hydrogen-bond donors (Lipinski definition) is 0. The third-order valence-electron chi connectivity index (χ3n) is 6.44. The number of imide groups is 1. The molecular weight excluding hydrogens is 478 g/mol. The Hall–Kier alpha value is -4.44. The summed E-state index contributed by atoms with van der Waals surface area (Å²) >= 11 is 0. The van der Waals surface area contributed by atoms with Crippen molar-refractivity contribution in [2.45, 2.75) is 25.5 Å². The van der Waals surface area contributed by atoms with Crippen molar-refractivity contribution < 1.29 is 28.8 Å². The number of non-ortho nitro benzene ring substituents is 1. The largest absolute Gasteiger partial charge is 0.493 e. The number of para-hydroxylation sites is 1. The Morgan fingerprint density at radius 3 is 2.32 bits per heavy atom. The molecule has 0 N–H and O–H groups in total. The number of benzene rings is 3. The number of nitro groups is 1. The summed E-state index contributed by atoms with van der Waals surface area (Å²) < 4.78 is 11.3. The summed E-state index contributed by atoms with van der Waals surface area (Å²) in [5.74, 6) is -0.739. The Bertz CT molecular complexity index is 1330. The number of carbonyl (C=O) groups excluding carboxylic acids is 2. The predicted octanol–water partition coefficient (Wildman–Crippen LogP) is 4.44. The molecule has 0 radical (unpaired) electrons. The minimum Gasteiger partial charge on any atom is -0.493 e. The molecule has 2 saturated heterocycles. The fraction of sp³-hybridized carbons (Fsp3) is 0.259. The summed E-state index contributed by atoms with van der Waals surface area (Å²) in [6.07, 6.45) is -0.225. The van der Waals surface area contributed by atoms with E-state index in [9.17, 15) is 19.7 Å². The number of ether oxygens (including phenoxy) is 2. The Morgan fingerprint density at radius 1 is 0.946 bits per heavy atom. The molecule has 2 fully saturated rings. The molecule has 10 nitrogen and oxygen atoms in total. The molecule has 0 saturated carbocycles. The van der Waals surface area contributed by atoms with Gasteiger partial charge in [-0.2, -0.15) is 0 Å². The van der Waals surface area contributed by atoms with Gasteiger partial charge in [0.25, 0.3) is 11.6 Å². The third kappa shape index (κ3) is 4.25. The summed E-state index contributed by atoms with van der Waals surface area (Å²) in [6.45, 7) is 2.54. The molecule has 3 atom stereocenters. The highest BCUT2D eigenvalue weighted by molar-refractivity contribution is 6.24. The number of carbonyl (C=O) groups is 2. The van der Waals surface area contributed by atoms with Crippen LogP contribution in [0, 0.1) is 16.0 Å². The van der Waals surface area contributed by atoms with E-state index in [4.69, 9.17) is 14.3 Å². The van der Waals surface area contributed by atoms with Gasteiger partial charge in [-0.25, -0.2) is 9.96 Å². The summed E-state index contributed by atoms with van der Waals surface area (Å²) in [4.78, 5) is 44.9. The maximum atomic E-state index is 13.7. The summed E-state index contributed by atoms with van der Waals surface area (Å²) in [5.41, 5.74) is 1.52. The molecule has 190 valence electrons. The SMILES string of the molecule is CCCOc1ccc([C@H]2[C@H]3C(=O)N(c4ccc([N+](=O)[O-])cc4)C(=O)[C@@H]3ON2c2ccccc2)cc1OC. The molecule has 0 aliphatic carbocycles. The lowest BCUT2D eigenvalue weighted by Crippen LogP contribution is -2.37. The van der Waals surface area contributed by atoms with Crippen molar-refractivity contribution in [2.75, 3.05) is 23.7 Å². The molecule has 2 amide bonds. The number of hydroxylamine groups is 1. The van der Waals surface area contributed by atoms with Crippen LogP contribution in [0.15, 0.2) is 72.8 Å². The maximum Gasteiger partial charge on any atom is 0.269 e. The Balaban J connectivity index is 1.55. The molecule has 2 aliphatic heterocycles. The highest BCUT2D eigenvalue weighted by Crippen LogP contribution is 2.48. The lowest BCUT2D eigenvalue weighted by molar-refractivity contribution is -0.384. The van der Waals surface area contributed by atoms with Gasteiger partial charge in [0.05, 0.1) is 36.1 Å². The average Bonchev–Trinajstić information content (AvgIpc) is 3.43. The van der Waals surface area contributed by atoms with Crippen molar-refractivity contribution in [3.63, 3.8) is 0 Å². The van der Waals surface area contributed by atoms with Gasteiger partial charge in [-0.15, -0.1) is 0 Å². The monoisotopic (exact) mass is 503 g/mol. The van der Waals surface area contributed by atoms with Gasteiger partial charge in [-0.3, -0.25) is 24.5 Å². The zero-order chi connectivity index (χ0) is 26.1. The van der Waals surface area contributed by atoms with Crippen molar-refractivity contribution >= 4 is 28.9 Å². The van der Waals surface area contributed by atoms with E-state index in [1.54, 1.807) is 24.3 Å². The van der Waals surface area contributed by atoms with E-state index in [0.29, 0.717) is 29.4 Å². The number of amides is 2. The Labute approximate surface area is 213 Å². The molecular formula is C27H25N3O7. The predicted molar refractivity (Wildman–Crippen MR) is 134 cm³/mol. The van der Waals surface area contributed by atoms with Crippen LogP contribution in [0.4, 0.5) is 17.1 Å². The van der Waals surface area contributed by atoms with Crippen molar-refractivity contribution in [3.05, 3.63) is 88.5 Å². The van der Waals surface area contributed by atoms with E-state index in [-0.39, 0.29) is 11.4 Å². The van der Waals surface area contributed by atoms with Crippen LogP contribution in [0.3, 0.4) is 0 Å². The topological polar surface area (TPSA) is 111 Å². The number of anilines is 2. The number of methoxy groups -OCH3 is 1. The first-order valence-electron chi connectivity index (χ1n) is 11.9. The zero-order valence-electron chi connectivity index (χ0n) is 20.3. The lowest BCUT2D eigenvalue weighted by atomic mass is 9.90. The first kappa shape index (κ1) is 24.3. The Kier molecular flexibility index (Phi) is 6.49. The highest BCUT2D eigenvalue weighted by atomic mass is 16.7. The number of nitro benzene ring substituents is 1. The van der Waals surface area contributed by atoms with Crippen LogP contribution < -0.4 is 19.4 Å². The van der Waals surface area contributed by atoms with Crippen LogP contribution in [-0.4, -0.2) is 36.6 Å². The normalized spacial score (nSPS) is 20.8. The van der Waals surface area contributed by atoms with Gasteiger partial charge < -0.3 is 9.47 Å². The molecule has 2 aliphatic rings. The molecule has 0 aromatic heterocycles. The fourth-order valence-corrected chi connectivity index (χ4v) is 4.73. The number of nitrogens with zero attached hydrogens (tertiary/aromatic N) is 3. The van der Waals surface area contributed by atoms with Crippen molar-refractivity contribution in [3.8, 4) is 11.5 Å². The number of rotatable bonds is 8. The molecule has 0 unspecified atom stereocenters. The quantitative estimate of drug-likeness (QED) is 0.252. The second-order valence-corrected chi connectivity index (χ2v) is 8.70. The van der Waals surface area contributed by atoms with Gasteiger partial charge in [0.15, 0.2) is 17.6 Å². The van der Waals surface area contributed by atoms with Gasteiger partial charge in [-0.1, -0.05) is 31.2 Å². The molecule has 3 aromatic carbocycles. The Morgan fingerprint density at radius 2 is 1.68 bits per heavy atom. The summed E-state index contributed by atoms with van der Waals surface area (Å²) in [7, 11) is 1.54. The standard InChI is InChI=1S/C27H25N3O7/c1-3-15-36-21-14-9-17(16-22(21)35-2)24-23-25(37-29(24)19-7-5-4-6-8-19)27(32)28(26(23)31)18-10-12-20(13-11-18)30(33)34/h4-14,16,23-25H,3,15H2,1-2H3/t23-,24+,25-/m1/s1. The molecule has 5 rings (SSSR count). The number of hydrogen-bond acceptors (Lipinski definition) is 8. The van der Waals surface area contributed by atoms with E-state index in [2.05, 4.69) is 0 Å². The van der Waals surface area contributed by atoms with Crippen LogP contribution in [0.1, 0.15) is 24.9 Å². The van der Waals surface area contributed by atoms with Crippen LogP contribution in [-0.2, 0) is 14.4 Å². The van der Waals surface area contributed by atoms with E-state index in [1.807, 2.05) is 43.3 Å². The molecule has 3 aromatic rings. The molecule has 2 heterocycles. The molecule has 37 heavy (non-hydrogen) atoms. The van der Waals surface area contributed by atoms with Crippen molar-refractivity contribution in [1.82, 2.24) is 0 Å². The smallest absolute Gasteiger partial charge is 0.269 e. The third-order valence-corrected chi connectivity index (χ3v) is 6.44. The van der Waals surface area contributed by atoms with Crippen LogP contribution in [0.25, 0.3) is 0 Å². The highest BCUT2D eigenvalue weighted by Gasteiger charge is 2.60. The summed E-state index contributed by atoms with van der Waals surface area (Å²) in [6, 6.07) is 19.3. The van der Waals surface area contributed by atoms with Crippen LogP contribution >= 0.6 is 0 Å². The fourth-order valence-electron chi connectivity index (χ4n) is 4.73. The summed E-state index contributed by atoms with van der Waals surface area (Å²) in [5, 5.41) is 12.6. The minimum absolute atomic E-state index is 0.134. The van der Waals surface area contributed by atoms with Gasteiger partial charge in [0.1, 0.15) is 5.92 Å². The first-order chi connectivity index (χ1) is 17.9.